The molecule has 0 bridgehead atoms. The second kappa shape index (κ2) is 4.64. The van der Waals surface area contributed by atoms with Crippen LogP contribution in [0.25, 0.3) is 0 Å². The number of nitrogens with zero attached hydrogens (tertiary/aromatic N) is 2. The van der Waals surface area contributed by atoms with Crippen molar-refractivity contribution >= 4 is 0 Å². The van der Waals surface area contributed by atoms with Gasteiger partial charge in [0, 0.05) is 0 Å². The number of hydrogen-bond donors (Lipinski definition) is 2. The quantitative estimate of drug-likeness (QED) is 0.898. The van der Waals surface area contributed by atoms with Crippen molar-refractivity contribution in [2.24, 2.45) is 0 Å². The van der Waals surface area contributed by atoms with Crippen LogP contribution in [0.1, 0.15) is 43.0 Å². The number of hydrogen-bond acceptors (Lipinski definition) is 5. The van der Waals surface area contributed by atoms with Crippen LogP contribution in [0, 0.1) is 0 Å². The second-order valence-electron chi connectivity index (χ2n) is 6.15. The van der Waals surface area contributed by atoms with Crippen molar-refractivity contribution in [3.63, 3.8) is 0 Å². The smallest absolute Gasteiger partial charge is 0.258 e. The molecule has 1 aliphatic carbocycles. The molecule has 21 heavy (non-hydrogen) atoms. The summed E-state index contributed by atoms with van der Waals surface area (Å²) in [6.07, 6.45) is 3.31. The molecule has 1 saturated heterocycles. The van der Waals surface area contributed by atoms with E-state index < -0.39 is 5.60 Å². The standard InChI is InChI=1S/C16H19N3O2/c20-16(8-10-17-11-9-16)14-18-13(19-21-14)15(6-7-15)12-4-2-1-3-5-12/h1-5,17,20H,6-11H2. The Bertz CT molecular complexity index is 628. The van der Waals surface area contributed by atoms with E-state index in [0.29, 0.717) is 18.7 Å². The minimum Gasteiger partial charge on any atom is -0.380 e. The summed E-state index contributed by atoms with van der Waals surface area (Å²) in [5, 5.41) is 18.1. The van der Waals surface area contributed by atoms with E-state index in [2.05, 4.69) is 27.6 Å². The maximum absolute atomic E-state index is 10.7. The van der Waals surface area contributed by atoms with E-state index in [1.165, 1.54) is 5.56 Å². The Morgan fingerprint density at radius 1 is 1.05 bits per heavy atom. The normalized spacial score (nSPS) is 22.9. The number of nitrogens with one attached hydrogen (secondary N) is 1. The molecule has 5 nitrogen and oxygen atoms in total. The van der Waals surface area contributed by atoms with E-state index in [-0.39, 0.29) is 5.41 Å². The first-order chi connectivity index (χ1) is 10.2. The predicted molar refractivity (Wildman–Crippen MR) is 76.8 cm³/mol. The summed E-state index contributed by atoms with van der Waals surface area (Å²) in [5.74, 6) is 1.09. The topological polar surface area (TPSA) is 71.2 Å². The Balaban J connectivity index is 1.66. The number of aliphatic hydroxyl groups is 1. The van der Waals surface area contributed by atoms with E-state index in [1.54, 1.807) is 0 Å². The van der Waals surface area contributed by atoms with Crippen LogP contribution in [0.5, 0.6) is 0 Å². The maximum atomic E-state index is 10.7. The zero-order valence-corrected chi connectivity index (χ0v) is 11.9. The fourth-order valence-corrected chi connectivity index (χ4v) is 3.18. The minimum absolute atomic E-state index is 0.105. The van der Waals surface area contributed by atoms with Gasteiger partial charge >= 0.3 is 0 Å². The van der Waals surface area contributed by atoms with Gasteiger partial charge in [0.25, 0.3) is 5.89 Å². The van der Waals surface area contributed by atoms with Gasteiger partial charge in [-0.2, -0.15) is 4.98 Å². The highest BCUT2D eigenvalue weighted by atomic mass is 16.5. The molecule has 110 valence electrons. The molecule has 5 heteroatoms. The van der Waals surface area contributed by atoms with Crippen LogP contribution in [0.15, 0.2) is 34.9 Å². The molecule has 2 heterocycles. The maximum Gasteiger partial charge on any atom is 0.258 e. The summed E-state index contributed by atoms with van der Waals surface area (Å²) < 4.78 is 5.42. The third-order valence-electron chi connectivity index (χ3n) is 4.76. The lowest BCUT2D eigenvalue weighted by atomic mass is 9.92. The predicted octanol–water partition coefficient (Wildman–Crippen LogP) is 1.72. The lowest BCUT2D eigenvalue weighted by Gasteiger charge is -2.28. The molecular formula is C16H19N3O2. The van der Waals surface area contributed by atoms with Gasteiger partial charge in [-0.1, -0.05) is 35.5 Å². The van der Waals surface area contributed by atoms with Gasteiger partial charge < -0.3 is 14.9 Å². The molecule has 1 aromatic heterocycles. The summed E-state index contributed by atoms with van der Waals surface area (Å²) in [7, 11) is 0. The summed E-state index contributed by atoms with van der Waals surface area (Å²) in [5.41, 5.74) is 0.157. The van der Waals surface area contributed by atoms with E-state index in [9.17, 15) is 5.11 Å². The van der Waals surface area contributed by atoms with Gasteiger partial charge in [0.1, 0.15) is 5.60 Å². The van der Waals surface area contributed by atoms with Crippen molar-refractivity contribution in [1.82, 2.24) is 15.5 Å². The first-order valence-corrected chi connectivity index (χ1v) is 7.56. The van der Waals surface area contributed by atoms with Crippen LogP contribution in [-0.2, 0) is 11.0 Å². The molecule has 2 N–H and O–H groups in total. The monoisotopic (exact) mass is 285 g/mol. The van der Waals surface area contributed by atoms with Crippen LogP contribution in [-0.4, -0.2) is 28.3 Å². The van der Waals surface area contributed by atoms with Crippen molar-refractivity contribution in [3.05, 3.63) is 47.6 Å². The Labute approximate surface area is 123 Å². The van der Waals surface area contributed by atoms with E-state index in [4.69, 9.17) is 4.52 Å². The van der Waals surface area contributed by atoms with E-state index in [1.807, 2.05) is 18.2 Å². The molecule has 0 amide bonds. The molecule has 2 aliphatic rings. The molecule has 1 aliphatic heterocycles. The van der Waals surface area contributed by atoms with Crippen molar-refractivity contribution in [2.45, 2.75) is 36.7 Å². The summed E-state index contributed by atoms with van der Waals surface area (Å²) in [6, 6.07) is 10.3. The van der Waals surface area contributed by atoms with Gasteiger partial charge in [-0.25, -0.2) is 0 Å². The Hall–Kier alpha value is -1.72. The number of aromatic nitrogens is 2. The van der Waals surface area contributed by atoms with Gasteiger partial charge in [0.2, 0.25) is 0 Å². The average molecular weight is 285 g/mol. The number of benzene rings is 1. The summed E-state index contributed by atoms with van der Waals surface area (Å²) in [6.45, 7) is 1.55. The van der Waals surface area contributed by atoms with Crippen molar-refractivity contribution in [1.29, 1.82) is 0 Å². The zero-order chi connectivity index (χ0) is 14.3. The van der Waals surface area contributed by atoms with Crippen LogP contribution in [0.4, 0.5) is 0 Å². The highest BCUT2D eigenvalue weighted by Crippen LogP contribution is 2.52. The summed E-state index contributed by atoms with van der Waals surface area (Å²) in [4.78, 5) is 4.56. The summed E-state index contributed by atoms with van der Waals surface area (Å²) >= 11 is 0. The highest BCUT2D eigenvalue weighted by molar-refractivity contribution is 5.38. The molecule has 2 fully saturated rings. The Morgan fingerprint density at radius 3 is 2.43 bits per heavy atom. The Morgan fingerprint density at radius 2 is 1.76 bits per heavy atom. The van der Waals surface area contributed by atoms with Crippen molar-refractivity contribution < 1.29 is 9.63 Å². The fraction of sp³-hybridized carbons (Fsp3) is 0.500. The highest BCUT2D eigenvalue weighted by Gasteiger charge is 2.51. The van der Waals surface area contributed by atoms with Crippen LogP contribution >= 0.6 is 0 Å². The number of piperidine rings is 1. The second-order valence-corrected chi connectivity index (χ2v) is 6.15. The molecule has 4 rings (SSSR count). The lowest BCUT2D eigenvalue weighted by Crippen LogP contribution is -2.40. The molecule has 0 spiro atoms. The molecule has 1 aromatic carbocycles. The van der Waals surface area contributed by atoms with Crippen molar-refractivity contribution in [3.8, 4) is 0 Å². The van der Waals surface area contributed by atoms with Crippen LogP contribution in [0.3, 0.4) is 0 Å². The zero-order valence-electron chi connectivity index (χ0n) is 11.9. The van der Waals surface area contributed by atoms with Gasteiger partial charge in [-0.05, 0) is 44.3 Å². The van der Waals surface area contributed by atoms with E-state index in [0.717, 1.165) is 31.8 Å². The largest absolute Gasteiger partial charge is 0.380 e. The third-order valence-corrected chi connectivity index (χ3v) is 4.76. The van der Waals surface area contributed by atoms with Gasteiger partial charge in [-0.3, -0.25) is 0 Å². The lowest BCUT2D eigenvalue weighted by molar-refractivity contribution is -0.0228. The van der Waals surface area contributed by atoms with Crippen LogP contribution in [0.2, 0.25) is 0 Å². The van der Waals surface area contributed by atoms with Gasteiger partial charge in [-0.15, -0.1) is 0 Å². The fourth-order valence-electron chi connectivity index (χ4n) is 3.18. The molecule has 2 aromatic rings. The van der Waals surface area contributed by atoms with Crippen LogP contribution < -0.4 is 5.32 Å². The Kier molecular flexibility index (Phi) is 2.87. The minimum atomic E-state index is -0.969. The first kappa shape index (κ1) is 13.0. The molecular weight excluding hydrogens is 266 g/mol. The van der Waals surface area contributed by atoms with Gasteiger partial charge in [0.05, 0.1) is 5.41 Å². The molecule has 0 atom stereocenters. The average Bonchev–Trinajstić information content (AvgIpc) is 3.18. The molecule has 1 saturated carbocycles. The third kappa shape index (κ3) is 2.08. The van der Waals surface area contributed by atoms with Gasteiger partial charge in [0.15, 0.2) is 5.82 Å². The SMILES string of the molecule is OC1(c2nc(C3(c4ccccc4)CC3)no2)CCNCC1. The molecule has 0 unspecified atom stereocenters. The van der Waals surface area contributed by atoms with Crippen molar-refractivity contribution in [2.75, 3.05) is 13.1 Å². The molecule has 0 radical (unpaired) electrons. The number of rotatable bonds is 3. The first-order valence-electron chi connectivity index (χ1n) is 7.56. The van der Waals surface area contributed by atoms with E-state index >= 15 is 0 Å².